The molecule has 0 bridgehead atoms. The quantitative estimate of drug-likeness (QED) is 0.771. The van der Waals surface area contributed by atoms with E-state index in [0.717, 1.165) is 30.0 Å². The highest BCUT2D eigenvalue weighted by Gasteiger charge is 2.07. The van der Waals surface area contributed by atoms with Crippen molar-refractivity contribution in [3.8, 4) is 11.5 Å². The van der Waals surface area contributed by atoms with Crippen LogP contribution in [0.4, 0.5) is 4.79 Å². The molecule has 0 spiro atoms. The fourth-order valence-electron chi connectivity index (χ4n) is 2.28. The van der Waals surface area contributed by atoms with Gasteiger partial charge in [0.2, 0.25) is 0 Å². The van der Waals surface area contributed by atoms with Crippen LogP contribution in [0.3, 0.4) is 0 Å². The molecule has 0 radical (unpaired) electrons. The molecule has 0 aromatic heterocycles. The number of hydrogen-bond acceptors (Lipinski definition) is 3. The second-order valence-corrected chi connectivity index (χ2v) is 6.38. The summed E-state index contributed by atoms with van der Waals surface area (Å²) in [6, 6.07) is 17.4. The molecule has 2 amide bonds. The van der Waals surface area contributed by atoms with Crippen LogP contribution in [0.15, 0.2) is 54.6 Å². The zero-order valence-corrected chi connectivity index (χ0v) is 15.2. The van der Waals surface area contributed by atoms with Gasteiger partial charge < -0.3 is 20.3 Å². The number of carbonyl (C=O) groups is 1. The van der Waals surface area contributed by atoms with E-state index < -0.39 is 0 Å². The van der Waals surface area contributed by atoms with Crippen molar-refractivity contribution in [1.82, 2.24) is 15.5 Å². The Morgan fingerprint density at radius 3 is 2.32 bits per heavy atom. The van der Waals surface area contributed by atoms with Gasteiger partial charge in [0, 0.05) is 12.6 Å². The Morgan fingerprint density at radius 2 is 1.68 bits per heavy atom. The van der Waals surface area contributed by atoms with Crippen LogP contribution < -0.4 is 15.4 Å². The molecule has 1 unspecified atom stereocenters. The molecule has 5 heteroatoms. The Balaban J connectivity index is 1.74. The second kappa shape index (κ2) is 9.69. The zero-order valence-electron chi connectivity index (χ0n) is 15.2. The fraction of sp³-hybridized carbons (Fsp3) is 0.350. The third-order valence-electron chi connectivity index (χ3n) is 3.74. The van der Waals surface area contributed by atoms with Gasteiger partial charge in [-0.2, -0.15) is 0 Å². The topological polar surface area (TPSA) is 53.6 Å². The molecule has 0 aliphatic carbocycles. The monoisotopic (exact) mass is 341 g/mol. The van der Waals surface area contributed by atoms with Crippen molar-refractivity contribution in [2.45, 2.75) is 25.9 Å². The summed E-state index contributed by atoms with van der Waals surface area (Å²) in [5.74, 6) is 1.58. The van der Waals surface area contributed by atoms with Crippen LogP contribution in [0.2, 0.25) is 0 Å². The summed E-state index contributed by atoms with van der Waals surface area (Å²) >= 11 is 0. The van der Waals surface area contributed by atoms with Crippen LogP contribution >= 0.6 is 0 Å². The van der Waals surface area contributed by atoms with Crippen LogP contribution in [-0.2, 0) is 6.54 Å². The van der Waals surface area contributed by atoms with Crippen LogP contribution in [0.25, 0.3) is 0 Å². The molecule has 2 aromatic rings. The first kappa shape index (κ1) is 18.8. The highest BCUT2D eigenvalue weighted by Crippen LogP contribution is 2.20. The Hall–Kier alpha value is -2.53. The normalized spacial score (nSPS) is 11.8. The lowest BCUT2D eigenvalue weighted by molar-refractivity contribution is 0.235. The van der Waals surface area contributed by atoms with Gasteiger partial charge in [-0.05, 0) is 63.8 Å². The number of benzene rings is 2. The van der Waals surface area contributed by atoms with Crippen molar-refractivity contribution >= 4 is 6.03 Å². The van der Waals surface area contributed by atoms with E-state index in [-0.39, 0.29) is 12.1 Å². The Labute approximate surface area is 150 Å². The van der Waals surface area contributed by atoms with E-state index in [1.165, 1.54) is 0 Å². The van der Waals surface area contributed by atoms with E-state index in [0.29, 0.717) is 6.54 Å². The van der Waals surface area contributed by atoms with Gasteiger partial charge in [-0.15, -0.1) is 0 Å². The molecule has 134 valence electrons. The lowest BCUT2D eigenvalue weighted by Gasteiger charge is -2.17. The standard InChI is InChI=1S/C20H27N3O2/c1-16(13-14-23(2)3)22-20(24)21-15-17-9-11-19(12-10-17)25-18-7-5-4-6-8-18/h4-12,16H,13-15H2,1-3H3,(H2,21,22,24). The number of hydrogen-bond donors (Lipinski definition) is 2. The number of carbonyl (C=O) groups excluding carboxylic acids is 1. The van der Waals surface area contributed by atoms with Gasteiger partial charge in [0.15, 0.2) is 0 Å². The summed E-state index contributed by atoms with van der Waals surface area (Å²) in [5.41, 5.74) is 1.02. The summed E-state index contributed by atoms with van der Waals surface area (Å²) in [6.07, 6.45) is 0.923. The van der Waals surface area contributed by atoms with Gasteiger partial charge in [0.1, 0.15) is 11.5 Å². The molecule has 1 atom stereocenters. The summed E-state index contributed by atoms with van der Waals surface area (Å²) in [5, 5.41) is 5.83. The largest absolute Gasteiger partial charge is 0.457 e. The van der Waals surface area contributed by atoms with E-state index in [9.17, 15) is 4.79 Å². The number of nitrogens with zero attached hydrogens (tertiary/aromatic N) is 1. The first-order chi connectivity index (χ1) is 12.0. The number of amides is 2. The molecule has 0 fully saturated rings. The third-order valence-corrected chi connectivity index (χ3v) is 3.74. The van der Waals surface area contributed by atoms with E-state index >= 15 is 0 Å². The number of nitrogens with one attached hydrogen (secondary N) is 2. The summed E-state index contributed by atoms with van der Waals surface area (Å²) in [7, 11) is 4.05. The van der Waals surface area contributed by atoms with Gasteiger partial charge in [-0.25, -0.2) is 4.79 Å². The molecule has 2 aromatic carbocycles. The van der Waals surface area contributed by atoms with Crippen LogP contribution in [0.5, 0.6) is 11.5 Å². The molecule has 2 rings (SSSR count). The van der Waals surface area contributed by atoms with Crippen molar-refractivity contribution in [3.05, 3.63) is 60.2 Å². The molecule has 5 nitrogen and oxygen atoms in total. The van der Waals surface area contributed by atoms with Gasteiger partial charge in [-0.1, -0.05) is 30.3 Å². The Bertz CT molecular complexity index is 642. The summed E-state index contributed by atoms with van der Waals surface area (Å²) < 4.78 is 5.75. The van der Waals surface area contributed by atoms with Gasteiger partial charge in [0.25, 0.3) is 0 Å². The van der Waals surface area contributed by atoms with Gasteiger partial charge in [-0.3, -0.25) is 0 Å². The summed E-state index contributed by atoms with van der Waals surface area (Å²) in [6.45, 7) is 3.45. The summed E-state index contributed by atoms with van der Waals surface area (Å²) in [4.78, 5) is 14.0. The van der Waals surface area contributed by atoms with E-state index in [4.69, 9.17) is 4.74 Å². The van der Waals surface area contributed by atoms with Crippen molar-refractivity contribution < 1.29 is 9.53 Å². The van der Waals surface area contributed by atoms with E-state index in [1.807, 2.05) is 75.6 Å². The third kappa shape index (κ3) is 7.27. The average Bonchev–Trinajstić information content (AvgIpc) is 2.60. The van der Waals surface area contributed by atoms with Crippen LogP contribution in [0, 0.1) is 0 Å². The maximum Gasteiger partial charge on any atom is 0.315 e. The smallest absolute Gasteiger partial charge is 0.315 e. The molecular weight excluding hydrogens is 314 g/mol. The Kier molecular flexibility index (Phi) is 7.29. The molecule has 0 aliphatic rings. The predicted octanol–water partition coefficient (Wildman–Crippen LogP) is 3.62. The minimum absolute atomic E-state index is 0.143. The molecule has 0 saturated carbocycles. The SMILES string of the molecule is CC(CCN(C)C)NC(=O)NCc1ccc(Oc2ccccc2)cc1. The molecule has 0 saturated heterocycles. The minimum atomic E-state index is -0.143. The second-order valence-electron chi connectivity index (χ2n) is 6.38. The molecular formula is C20H27N3O2. The average molecular weight is 341 g/mol. The lowest BCUT2D eigenvalue weighted by Crippen LogP contribution is -2.41. The fourth-order valence-corrected chi connectivity index (χ4v) is 2.28. The molecule has 2 N–H and O–H groups in total. The lowest BCUT2D eigenvalue weighted by atomic mass is 10.2. The van der Waals surface area contributed by atoms with Crippen molar-refractivity contribution in [1.29, 1.82) is 0 Å². The van der Waals surface area contributed by atoms with E-state index in [2.05, 4.69) is 15.5 Å². The minimum Gasteiger partial charge on any atom is -0.457 e. The van der Waals surface area contributed by atoms with Crippen molar-refractivity contribution in [2.75, 3.05) is 20.6 Å². The number of para-hydroxylation sites is 1. The van der Waals surface area contributed by atoms with Crippen LogP contribution in [-0.4, -0.2) is 37.6 Å². The van der Waals surface area contributed by atoms with Crippen LogP contribution in [0.1, 0.15) is 18.9 Å². The van der Waals surface area contributed by atoms with Gasteiger partial charge in [0.05, 0.1) is 0 Å². The van der Waals surface area contributed by atoms with Crippen molar-refractivity contribution in [3.63, 3.8) is 0 Å². The molecule has 0 heterocycles. The number of urea groups is 1. The predicted molar refractivity (Wildman–Crippen MR) is 101 cm³/mol. The Morgan fingerprint density at radius 1 is 1.04 bits per heavy atom. The van der Waals surface area contributed by atoms with Gasteiger partial charge >= 0.3 is 6.03 Å². The number of rotatable bonds is 8. The maximum absolute atomic E-state index is 11.9. The number of ether oxygens (including phenoxy) is 1. The van der Waals surface area contributed by atoms with Crippen molar-refractivity contribution in [2.24, 2.45) is 0 Å². The first-order valence-corrected chi connectivity index (χ1v) is 8.54. The van der Waals surface area contributed by atoms with E-state index in [1.54, 1.807) is 0 Å². The maximum atomic E-state index is 11.9. The highest BCUT2D eigenvalue weighted by molar-refractivity contribution is 5.74. The highest BCUT2D eigenvalue weighted by atomic mass is 16.5. The molecule has 0 aliphatic heterocycles. The molecule has 25 heavy (non-hydrogen) atoms. The zero-order chi connectivity index (χ0) is 18.1. The first-order valence-electron chi connectivity index (χ1n) is 8.54.